The molecule has 4 nitrogen and oxygen atoms in total. The number of aromatic nitrogens is 2. The second-order valence-corrected chi connectivity index (χ2v) is 25.0. The van der Waals surface area contributed by atoms with Crippen molar-refractivity contribution < 1.29 is 0 Å². The summed E-state index contributed by atoms with van der Waals surface area (Å²) in [5.41, 5.74) is 9.81. The van der Waals surface area contributed by atoms with E-state index in [0.29, 0.717) is 0 Å². The Kier molecular flexibility index (Phi) is 21.7. The third-order valence-corrected chi connectivity index (χ3v) is 19.8. The van der Waals surface area contributed by atoms with E-state index in [1.807, 2.05) is 45.3 Å². The molecule has 8 aromatic rings. The van der Waals surface area contributed by atoms with Crippen LogP contribution in [0.15, 0.2) is 84.9 Å². The minimum atomic E-state index is 1.02. The molecule has 0 spiro atoms. The molecule has 0 aliphatic heterocycles. The molecule has 0 radical (unpaired) electrons. The van der Waals surface area contributed by atoms with E-state index in [0.717, 1.165) is 11.0 Å². The van der Waals surface area contributed by atoms with Crippen LogP contribution in [0, 0.1) is 0 Å². The summed E-state index contributed by atoms with van der Waals surface area (Å²) in [4.78, 5) is 10.6. The van der Waals surface area contributed by atoms with Crippen molar-refractivity contribution in [1.29, 1.82) is 0 Å². The van der Waals surface area contributed by atoms with E-state index < -0.39 is 0 Å². The van der Waals surface area contributed by atoms with Gasteiger partial charge in [-0.2, -0.15) is 8.75 Å². The highest BCUT2D eigenvalue weighted by molar-refractivity contribution is 7.31. The van der Waals surface area contributed by atoms with E-state index in [-0.39, 0.29) is 0 Å². The molecule has 0 saturated heterocycles. The molecule has 0 bridgehead atoms. The molecule has 5 aromatic heterocycles. The van der Waals surface area contributed by atoms with Crippen molar-refractivity contribution in [3.05, 3.63) is 84.9 Å². The predicted octanol–water partition coefficient (Wildman–Crippen LogP) is 22.0. The molecule has 5 heterocycles. The van der Waals surface area contributed by atoms with Crippen LogP contribution < -0.4 is 9.80 Å². The third-order valence-electron chi connectivity index (χ3n) is 14.5. The number of anilines is 2. The lowest BCUT2D eigenvalue weighted by Crippen LogP contribution is -2.25. The van der Waals surface area contributed by atoms with Gasteiger partial charge in [-0.15, -0.1) is 45.3 Å². The Morgan fingerprint density at radius 1 is 0.324 bits per heavy atom. The molecule has 0 aliphatic carbocycles. The normalized spacial score (nSPS) is 11.8. The minimum Gasteiger partial charge on any atom is -0.372 e. The molecule has 3 aromatic carbocycles. The van der Waals surface area contributed by atoms with Gasteiger partial charge in [-0.1, -0.05) is 193 Å². The Morgan fingerprint density at radius 2 is 0.606 bits per heavy atom. The first-order chi connectivity index (χ1) is 35.1. The maximum atomic E-state index is 4.91. The molecule has 0 atom stereocenters. The number of rotatable bonds is 34. The van der Waals surface area contributed by atoms with Crippen LogP contribution in [0.25, 0.3) is 71.6 Å². The Bertz CT molecular complexity index is 2470. The first-order valence-electron chi connectivity index (χ1n) is 28.1. The quantitative estimate of drug-likeness (QED) is 0.0376. The monoisotopic (exact) mass is 1040 g/mol. The van der Waals surface area contributed by atoms with E-state index in [2.05, 4.69) is 122 Å². The Balaban J connectivity index is 0.913. The van der Waals surface area contributed by atoms with E-state index in [1.54, 1.807) is 0 Å². The number of nitrogens with zero attached hydrogens (tertiary/aromatic N) is 4. The number of thiophene rings is 4. The highest BCUT2D eigenvalue weighted by Crippen LogP contribution is 2.47. The van der Waals surface area contributed by atoms with Crippen molar-refractivity contribution in [2.24, 2.45) is 0 Å². The van der Waals surface area contributed by atoms with Gasteiger partial charge in [-0.05, 0) is 85.3 Å². The smallest absolute Gasteiger partial charge is 0.114 e. The zero-order chi connectivity index (χ0) is 49.0. The van der Waals surface area contributed by atoms with Gasteiger partial charge in [-0.25, -0.2) is 0 Å². The van der Waals surface area contributed by atoms with Crippen molar-refractivity contribution in [2.75, 3.05) is 36.0 Å². The molecule has 0 unspecified atom stereocenters. The Morgan fingerprint density at radius 3 is 0.930 bits per heavy atom. The average molecular weight is 1040 g/mol. The lowest BCUT2D eigenvalue weighted by Gasteiger charge is -2.25. The van der Waals surface area contributed by atoms with Crippen LogP contribution in [0.2, 0.25) is 0 Å². The van der Waals surface area contributed by atoms with Crippen LogP contribution in [0.4, 0.5) is 11.4 Å². The van der Waals surface area contributed by atoms with Crippen molar-refractivity contribution in [3.8, 4) is 41.8 Å². The molecule has 8 rings (SSSR count). The summed E-state index contributed by atoms with van der Waals surface area (Å²) in [6.45, 7) is 13.9. The second kappa shape index (κ2) is 28.7. The summed E-state index contributed by atoms with van der Waals surface area (Å²) in [6, 6.07) is 33.1. The van der Waals surface area contributed by atoms with Crippen LogP contribution in [-0.2, 0) is 0 Å². The molecule has 0 N–H and O–H groups in total. The topological polar surface area (TPSA) is 32.3 Å². The van der Waals surface area contributed by atoms with Gasteiger partial charge in [0, 0.05) is 87.0 Å². The van der Waals surface area contributed by atoms with Crippen LogP contribution in [0.5, 0.6) is 0 Å². The third kappa shape index (κ3) is 15.0. The van der Waals surface area contributed by atoms with Crippen molar-refractivity contribution in [2.45, 2.75) is 182 Å². The SMILES string of the molecule is CCCCCCCCN(CCCCCCCC)c1ccc(-c2cc3sc(-c4ccc(-c5cc6sc(-c7ccc(N(CCCCCCCC)CCCCCCCC)cc7)cc6s5)c5nsnc45)cc3s2)cc1. The summed E-state index contributed by atoms with van der Waals surface area (Å²) >= 11 is 8.93. The van der Waals surface area contributed by atoms with Gasteiger partial charge >= 0.3 is 0 Å². The summed E-state index contributed by atoms with van der Waals surface area (Å²) in [5, 5.41) is 0. The fraction of sp³-hybridized carbons (Fsp3) is 0.516. The minimum absolute atomic E-state index is 1.02. The first kappa shape index (κ1) is 53.7. The first-order valence-corrected chi connectivity index (χ1v) is 32.1. The molecule has 71 heavy (non-hydrogen) atoms. The van der Waals surface area contributed by atoms with Gasteiger partial charge in [0.25, 0.3) is 0 Å². The van der Waals surface area contributed by atoms with Gasteiger partial charge in [0.15, 0.2) is 0 Å². The van der Waals surface area contributed by atoms with Gasteiger partial charge < -0.3 is 9.80 Å². The molecule has 380 valence electrons. The largest absolute Gasteiger partial charge is 0.372 e. The molecule has 0 saturated carbocycles. The van der Waals surface area contributed by atoms with Gasteiger partial charge in [-0.3, -0.25) is 0 Å². The fourth-order valence-corrected chi connectivity index (χ4v) is 15.7. The van der Waals surface area contributed by atoms with Crippen molar-refractivity contribution >= 4 is 98.3 Å². The van der Waals surface area contributed by atoms with Gasteiger partial charge in [0.05, 0.1) is 11.7 Å². The molecule has 9 heteroatoms. The highest BCUT2D eigenvalue weighted by Gasteiger charge is 2.19. The second-order valence-electron chi connectivity index (χ2n) is 20.2. The number of unbranched alkanes of at least 4 members (excludes halogenated alkanes) is 20. The van der Waals surface area contributed by atoms with E-state index in [1.165, 1.54) is 264 Å². The van der Waals surface area contributed by atoms with Crippen molar-refractivity contribution in [3.63, 3.8) is 0 Å². The average Bonchev–Trinajstić information content (AvgIpc) is 4.25. The summed E-state index contributed by atoms with van der Waals surface area (Å²) < 4.78 is 15.2. The number of benzene rings is 3. The summed E-state index contributed by atoms with van der Waals surface area (Å²) in [6.07, 6.45) is 32.3. The van der Waals surface area contributed by atoms with E-state index in [9.17, 15) is 0 Å². The van der Waals surface area contributed by atoms with Crippen LogP contribution >= 0.6 is 57.1 Å². The zero-order valence-electron chi connectivity index (χ0n) is 43.7. The number of fused-ring (bicyclic) bond motifs is 3. The zero-order valence-corrected chi connectivity index (χ0v) is 47.8. The lowest BCUT2D eigenvalue weighted by molar-refractivity contribution is 0.575. The maximum Gasteiger partial charge on any atom is 0.114 e. The molecule has 0 amide bonds. The van der Waals surface area contributed by atoms with Gasteiger partial charge in [0.1, 0.15) is 11.0 Å². The molecular weight excluding hydrogens is 961 g/mol. The van der Waals surface area contributed by atoms with Crippen molar-refractivity contribution in [1.82, 2.24) is 8.75 Å². The molecule has 0 fully saturated rings. The highest BCUT2D eigenvalue weighted by atomic mass is 32.1. The lowest BCUT2D eigenvalue weighted by atomic mass is 10.1. The molecular formula is C62H82N4S5. The summed E-state index contributed by atoms with van der Waals surface area (Å²) in [5.74, 6) is 0. The maximum absolute atomic E-state index is 4.91. The Labute approximate surface area is 448 Å². The van der Waals surface area contributed by atoms with Gasteiger partial charge in [0.2, 0.25) is 0 Å². The standard InChI is InChI=1S/C62H82N4S5/c1-5-9-13-17-21-25-39-65(40-26-22-18-14-10-6-2)49-33-29-47(30-34-49)53-43-57-59(67-53)45-55(69-57)51-37-38-52(62-61(51)63-71-64-62)56-46-60-58(70-56)44-54(68-60)48-31-35-50(36-32-48)66(41-27-23-19-15-11-7-3)42-28-24-20-16-12-8-4/h29-38,43-46H,5-28,39-42H2,1-4H3. The molecule has 0 aliphatic rings. The van der Waals surface area contributed by atoms with Crippen LogP contribution in [-0.4, -0.2) is 34.9 Å². The fourth-order valence-electron chi connectivity index (χ4n) is 10.2. The number of hydrogen-bond acceptors (Lipinski definition) is 9. The van der Waals surface area contributed by atoms with E-state index >= 15 is 0 Å². The number of hydrogen-bond donors (Lipinski definition) is 0. The van der Waals surface area contributed by atoms with Crippen LogP contribution in [0.1, 0.15) is 182 Å². The predicted molar refractivity (Wildman–Crippen MR) is 324 cm³/mol. The summed E-state index contributed by atoms with van der Waals surface area (Å²) in [7, 11) is 0. The van der Waals surface area contributed by atoms with Crippen LogP contribution in [0.3, 0.4) is 0 Å². The Hall–Kier alpha value is -3.60. The van der Waals surface area contributed by atoms with E-state index in [4.69, 9.17) is 8.75 Å².